The van der Waals surface area contributed by atoms with E-state index in [9.17, 15) is 13.2 Å². The molecule has 0 aromatic heterocycles. The first-order valence-electron chi connectivity index (χ1n) is 10.1. The molecule has 150 valence electrons. The number of rotatable bonds is 4. The highest BCUT2D eigenvalue weighted by Gasteiger charge is 2.30. The minimum absolute atomic E-state index is 0.0804. The van der Waals surface area contributed by atoms with Gasteiger partial charge in [0.25, 0.3) is 0 Å². The molecular formula is C18H33N3O4S. The van der Waals surface area contributed by atoms with Crippen LogP contribution in [0.1, 0.15) is 57.8 Å². The van der Waals surface area contributed by atoms with Gasteiger partial charge in [-0.1, -0.05) is 19.3 Å². The zero-order chi connectivity index (χ0) is 18.6. The maximum Gasteiger partial charge on any atom is 0.317 e. The number of carbonyl (C=O) groups excluding carboxylic acids is 1. The zero-order valence-electron chi connectivity index (χ0n) is 15.9. The van der Waals surface area contributed by atoms with Gasteiger partial charge in [0.2, 0.25) is 10.0 Å². The predicted octanol–water partition coefficient (Wildman–Crippen LogP) is 1.93. The van der Waals surface area contributed by atoms with Gasteiger partial charge < -0.3 is 15.0 Å². The van der Waals surface area contributed by atoms with Crippen molar-refractivity contribution in [2.75, 3.05) is 32.4 Å². The van der Waals surface area contributed by atoms with Crippen LogP contribution in [0.3, 0.4) is 0 Å². The van der Waals surface area contributed by atoms with Gasteiger partial charge in [0.1, 0.15) is 0 Å². The maximum atomic E-state index is 12.4. The first kappa shape index (κ1) is 19.9. The van der Waals surface area contributed by atoms with E-state index in [2.05, 4.69) is 5.32 Å². The summed E-state index contributed by atoms with van der Waals surface area (Å²) in [5, 5.41) is 3.19. The highest BCUT2D eigenvalue weighted by atomic mass is 32.2. The molecule has 2 heterocycles. The van der Waals surface area contributed by atoms with Crippen molar-refractivity contribution in [1.82, 2.24) is 14.5 Å². The lowest BCUT2D eigenvalue weighted by molar-refractivity contribution is -0.0547. The molecule has 0 bridgehead atoms. The number of hydrogen-bond acceptors (Lipinski definition) is 4. The predicted molar refractivity (Wildman–Crippen MR) is 101 cm³/mol. The van der Waals surface area contributed by atoms with E-state index < -0.39 is 10.0 Å². The average Bonchev–Trinajstić information content (AvgIpc) is 2.63. The van der Waals surface area contributed by atoms with Crippen LogP contribution in [0.25, 0.3) is 0 Å². The number of likely N-dealkylation sites (tertiary alicyclic amines) is 1. The molecule has 26 heavy (non-hydrogen) atoms. The number of ether oxygens (including phenoxy) is 1. The molecular weight excluding hydrogens is 354 g/mol. The third-order valence-corrected chi connectivity index (χ3v) is 7.22. The third-order valence-electron chi connectivity index (χ3n) is 5.92. The number of carbonyl (C=O) groups is 1. The molecule has 3 fully saturated rings. The fraction of sp³-hybridized carbons (Fsp3) is 0.944. The minimum atomic E-state index is -3.08. The Hall–Kier alpha value is -0.860. The van der Waals surface area contributed by atoms with Gasteiger partial charge in [0.15, 0.2) is 0 Å². The molecule has 0 unspecified atom stereocenters. The van der Waals surface area contributed by atoms with Crippen LogP contribution in [-0.4, -0.2) is 74.3 Å². The molecule has 2 saturated heterocycles. The summed E-state index contributed by atoms with van der Waals surface area (Å²) >= 11 is 0. The molecule has 2 amide bonds. The average molecular weight is 388 g/mol. The Morgan fingerprint density at radius 1 is 0.885 bits per heavy atom. The van der Waals surface area contributed by atoms with Crippen molar-refractivity contribution in [3.05, 3.63) is 0 Å². The number of sulfonamides is 1. The molecule has 1 saturated carbocycles. The molecule has 3 aliphatic rings. The molecule has 0 spiro atoms. The van der Waals surface area contributed by atoms with Crippen LogP contribution in [0.5, 0.6) is 0 Å². The lowest BCUT2D eigenvalue weighted by Crippen LogP contribution is -2.50. The Labute approximate surface area is 157 Å². The fourth-order valence-electron chi connectivity index (χ4n) is 4.28. The molecule has 8 heteroatoms. The Morgan fingerprint density at radius 3 is 1.96 bits per heavy atom. The van der Waals surface area contributed by atoms with E-state index in [0.717, 1.165) is 51.6 Å². The van der Waals surface area contributed by atoms with Crippen molar-refractivity contribution in [1.29, 1.82) is 0 Å². The highest BCUT2D eigenvalue weighted by Crippen LogP contribution is 2.23. The van der Waals surface area contributed by atoms with Crippen molar-refractivity contribution in [2.45, 2.75) is 76.0 Å². The van der Waals surface area contributed by atoms with Crippen LogP contribution in [0.15, 0.2) is 0 Å². The summed E-state index contributed by atoms with van der Waals surface area (Å²) in [6.07, 6.45) is 10.8. The first-order valence-corrected chi connectivity index (χ1v) is 11.9. The zero-order valence-corrected chi connectivity index (χ0v) is 16.7. The number of nitrogens with zero attached hydrogens (tertiary/aromatic N) is 2. The second-order valence-corrected chi connectivity index (χ2v) is 9.95. The van der Waals surface area contributed by atoms with Crippen molar-refractivity contribution in [3.63, 3.8) is 0 Å². The van der Waals surface area contributed by atoms with Crippen molar-refractivity contribution in [3.8, 4) is 0 Å². The Kier molecular flexibility index (Phi) is 6.80. The van der Waals surface area contributed by atoms with Crippen molar-refractivity contribution < 1.29 is 17.9 Å². The highest BCUT2D eigenvalue weighted by molar-refractivity contribution is 7.88. The van der Waals surface area contributed by atoms with Crippen LogP contribution in [0.4, 0.5) is 4.79 Å². The van der Waals surface area contributed by atoms with Crippen LogP contribution in [0, 0.1) is 0 Å². The number of urea groups is 1. The van der Waals surface area contributed by atoms with E-state index in [1.165, 1.54) is 29.8 Å². The van der Waals surface area contributed by atoms with E-state index in [4.69, 9.17) is 4.74 Å². The quantitative estimate of drug-likeness (QED) is 0.799. The van der Waals surface area contributed by atoms with E-state index >= 15 is 0 Å². The molecule has 0 aromatic rings. The van der Waals surface area contributed by atoms with Gasteiger partial charge in [-0.3, -0.25) is 0 Å². The molecule has 2 aliphatic heterocycles. The Balaban J connectivity index is 1.35. The van der Waals surface area contributed by atoms with E-state index in [-0.39, 0.29) is 18.2 Å². The van der Waals surface area contributed by atoms with Gasteiger partial charge in [-0.15, -0.1) is 0 Å². The number of hydrogen-bond donors (Lipinski definition) is 1. The molecule has 7 nitrogen and oxygen atoms in total. The second kappa shape index (κ2) is 8.89. The molecule has 3 rings (SSSR count). The Morgan fingerprint density at radius 2 is 1.42 bits per heavy atom. The van der Waals surface area contributed by atoms with Crippen LogP contribution in [0.2, 0.25) is 0 Å². The van der Waals surface area contributed by atoms with Gasteiger partial charge in [0, 0.05) is 32.2 Å². The monoisotopic (exact) mass is 387 g/mol. The molecule has 0 atom stereocenters. The van der Waals surface area contributed by atoms with E-state index in [0.29, 0.717) is 19.1 Å². The van der Waals surface area contributed by atoms with E-state index in [1.54, 1.807) is 0 Å². The molecule has 1 N–H and O–H groups in total. The van der Waals surface area contributed by atoms with Crippen LogP contribution < -0.4 is 5.32 Å². The fourth-order valence-corrected chi connectivity index (χ4v) is 5.15. The smallest absolute Gasteiger partial charge is 0.317 e. The van der Waals surface area contributed by atoms with Gasteiger partial charge >= 0.3 is 6.03 Å². The summed E-state index contributed by atoms with van der Waals surface area (Å²) in [5.74, 6) is 0. The number of piperidine rings is 2. The first-order chi connectivity index (χ1) is 12.4. The molecule has 1 aliphatic carbocycles. The SMILES string of the molecule is CS(=O)(=O)N1CCC(OC2CCN(C(=O)NC3CCCCC3)CC2)CC1. The standard InChI is InChI=1S/C18H33N3O4S/c1-26(23,24)21-13-9-17(10-14-21)25-16-7-11-20(12-8-16)18(22)19-15-5-3-2-4-6-15/h15-17H,2-14H2,1H3,(H,19,22). The van der Waals surface area contributed by atoms with Crippen molar-refractivity contribution in [2.24, 2.45) is 0 Å². The van der Waals surface area contributed by atoms with Crippen LogP contribution >= 0.6 is 0 Å². The summed E-state index contributed by atoms with van der Waals surface area (Å²) in [5.41, 5.74) is 0. The normalized spacial score (nSPS) is 25.3. The van der Waals surface area contributed by atoms with Gasteiger partial charge in [-0.05, 0) is 38.5 Å². The summed E-state index contributed by atoms with van der Waals surface area (Å²) in [7, 11) is -3.08. The van der Waals surface area contributed by atoms with Gasteiger partial charge in [0.05, 0.1) is 18.5 Å². The van der Waals surface area contributed by atoms with E-state index in [1.807, 2.05) is 4.90 Å². The minimum Gasteiger partial charge on any atom is -0.375 e. The summed E-state index contributed by atoms with van der Waals surface area (Å²) in [6.45, 7) is 2.58. The third kappa shape index (κ3) is 5.57. The maximum absolute atomic E-state index is 12.4. The second-order valence-electron chi connectivity index (χ2n) is 7.97. The van der Waals surface area contributed by atoms with Crippen LogP contribution in [-0.2, 0) is 14.8 Å². The molecule has 0 aromatic carbocycles. The van der Waals surface area contributed by atoms with Gasteiger partial charge in [-0.25, -0.2) is 17.5 Å². The number of nitrogens with one attached hydrogen (secondary N) is 1. The summed E-state index contributed by atoms with van der Waals surface area (Å²) in [4.78, 5) is 14.3. The topological polar surface area (TPSA) is 79.0 Å². The van der Waals surface area contributed by atoms with Crippen molar-refractivity contribution >= 4 is 16.1 Å². The van der Waals surface area contributed by atoms with Gasteiger partial charge in [-0.2, -0.15) is 0 Å². The number of amides is 2. The lowest BCUT2D eigenvalue weighted by Gasteiger charge is -2.37. The Bertz CT molecular complexity index is 561. The summed E-state index contributed by atoms with van der Waals surface area (Å²) in [6, 6.07) is 0.432. The largest absolute Gasteiger partial charge is 0.375 e. The lowest BCUT2D eigenvalue weighted by atomic mass is 9.96. The summed E-state index contributed by atoms with van der Waals surface area (Å²) < 4.78 is 30.9. The molecule has 0 radical (unpaired) electrons.